The maximum Gasteiger partial charge on any atom is 0.317 e. The molecule has 0 aromatic carbocycles. The van der Waals surface area contributed by atoms with E-state index >= 15 is 0 Å². The number of carboxylic acids is 1. The highest BCUT2D eigenvalue weighted by atomic mass is 16.4. The van der Waals surface area contributed by atoms with Crippen molar-refractivity contribution in [2.75, 3.05) is 26.7 Å². The molecule has 0 aromatic rings. The molecule has 0 bridgehead atoms. The topological polar surface area (TPSA) is 98.7 Å². The van der Waals surface area contributed by atoms with E-state index in [0.29, 0.717) is 0 Å². The number of hydrogen-bond acceptors (Lipinski definition) is 4. The minimum absolute atomic E-state index is 0.00405. The molecule has 0 spiro atoms. The average molecular weight is 243 g/mol. The number of rotatable bonds is 7. The van der Waals surface area contributed by atoms with Gasteiger partial charge in [0.05, 0.1) is 19.6 Å². The lowest BCUT2D eigenvalue weighted by molar-refractivity contribution is -0.137. The Labute approximate surface area is 99.2 Å². The summed E-state index contributed by atoms with van der Waals surface area (Å²) in [6.07, 6.45) is 2.01. The van der Waals surface area contributed by atoms with Crippen LogP contribution in [0.25, 0.3) is 0 Å². The highest BCUT2D eigenvalue weighted by Crippen LogP contribution is 2.18. The van der Waals surface area contributed by atoms with Crippen LogP contribution in [0, 0.1) is 0 Å². The lowest BCUT2D eigenvalue weighted by Gasteiger charge is -2.16. The third kappa shape index (κ3) is 5.86. The summed E-state index contributed by atoms with van der Waals surface area (Å²) < 4.78 is 0. The van der Waals surface area contributed by atoms with Gasteiger partial charge in [-0.1, -0.05) is 0 Å². The van der Waals surface area contributed by atoms with Crippen LogP contribution in [0.2, 0.25) is 0 Å². The summed E-state index contributed by atoms with van der Waals surface area (Å²) in [4.78, 5) is 34.3. The van der Waals surface area contributed by atoms with Gasteiger partial charge in [-0.15, -0.1) is 0 Å². The molecule has 2 amide bonds. The van der Waals surface area contributed by atoms with E-state index in [1.54, 1.807) is 0 Å². The highest BCUT2D eigenvalue weighted by molar-refractivity contribution is 5.86. The maximum absolute atomic E-state index is 11.5. The van der Waals surface area contributed by atoms with Crippen LogP contribution in [0.4, 0.5) is 0 Å². The molecular weight excluding hydrogens is 226 g/mol. The SMILES string of the molecule is CN(CC(=O)NC1CC1)C(=O)CNCC(=O)O. The number of hydrogen-bond donors (Lipinski definition) is 3. The van der Waals surface area contributed by atoms with Crippen molar-refractivity contribution in [2.24, 2.45) is 0 Å². The van der Waals surface area contributed by atoms with Crippen LogP contribution < -0.4 is 10.6 Å². The molecule has 1 rings (SSSR count). The van der Waals surface area contributed by atoms with Gasteiger partial charge in [0.2, 0.25) is 11.8 Å². The highest BCUT2D eigenvalue weighted by Gasteiger charge is 2.24. The van der Waals surface area contributed by atoms with Gasteiger partial charge in [0.25, 0.3) is 0 Å². The van der Waals surface area contributed by atoms with Crippen LogP contribution in [0.1, 0.15) is 12.8 Å². The molecule has 0 heterocycles. The molecule has 7 heteroatoms. The van der Waals surface area contributed by atoms with Crippen molar-refractivity contribution in [1.82, 2.24) is 15.5 Å². The first-order chi connectivity index (χ1) is 7.99. The van der Waals surface area contributed by atoms with Crippen LogP contribution >= 0.6 is 0 Å². The fourth-order valence-electron chi connectivity index (χ4n) is 1.22. The van der Waals surface area contributed by atoms with Crippen LogP contribution in [0.15, 0.2) is 0 Å². The summed E-state index contributed by atoms with van der Waals surface area (Å²) in [7, 11) is 1.51. The first kappa shape index (κ1) is 13.4. The summed E-state index contributed by atoms with van der Waals surface area (Å²) in [5.41, 5.74) is 0. The van der Waals surface area contributed by atoms with E-state index < -0.39 is 5.97 Å². The molecule has 1 fully saturated rings. The summed E-state index contributed by atoms with van der Waals surface area (Å²) >= 11 is 0. The number of aliphatic carboxylic acids is 1. The largest absolute Gasteiger partial charge is 0.480 e. The standard InChI is InChI=1S/C10H17N3O4/c1-13(6-8(14)12-7-2-3-7)9(15)4-11-5-10(16)17/h7,11H,2-6H2,1H3,(H,12,14)(H,16,17). The van der Waals surface area contributed by atoms with Gasteiger partial charge in [0.15, 0.2) is 0 Å². The Morgan fingerprint density at radius 2 is 1.94 bits per heavy atom. The summed E-state index contributed by atoms with van der Waals surface area (Å²) in [5.74, 6) is -1.51. The van der Waals surface area contributed by atoms with Crippen LogP contribution in [0.5, 0.6) is 0 Å². The first-order valence-corrected chi connectivity index (χ1v) is 5.45. The number of carboxylic acid groups (broad SMARTS) is 1. The quantitative estimate of drug-likeness (QED) is 0.500. The molecule has 96 valence electrons. The zero-order valence-electron chi connectivity index (χ0n) is 9.73. The van der Waals surface area contributed by atoms with Crippen LogP contribution in [-0.2, 0) is 14.4 Å². The second-order valence-corrected chi connectivity index (χ2v) is 4.09. The Morgan fingerprint density at radius 3 is 2.47 bits per heavy atom. The number of likely N-dealkylation sites (N-methyl/N-ethyl adjacent to an activating group) is 1. The lowest BCUT2D eigenvalue weighted by Crippen LogP contribution is -2.43. The molecule has 1 aliphatic rings. The van der Waals surface area contributed by atoms with E-state index in [0.717, 1.165) is 12.8 Å². The number of carbonyl (C=O) groups is 3. The van der Waals surface area contributed by atoms with Crippen molar-refractivity contribution >= 4 is 17.8 Å². The van der Waals surface area contributed by atoms with Gasteiger partial charge in [0, 0.05) is 13.1 Å². The molecular formula is C10H17N3O4. The molecule has 0 aliphatic heterocycles. The van der Waals surface area contributed by atoms with Gasteiger partial charge in [-0.2, -0.15) is 0 Å². The van der Waals surface area contributed by atoms with Crippen molar-refractivity contribution in [3.05, 3.63) is 0 Å². The molecule has 3 N–H and O–H groups in total. The van der Waals surface area contributed by atoms with E-state index in [2.05, 4.69) is 10.6 Å². The third-order valence-corrected chi connectivity index (χ3v) is 2.30. The Hall–Kier alpha value is -1.63. The van der Waals surface area contributed by atoms with Crippen molar-refractivity contribution in [3.63, 3.8) is 0 Å². The zero-order valence-corrected chi connectivity index (χ0v) is 9.73. The van der Waals surface area contributed by atoms with E-state index in [-0.39, 0.29) is 37.5 Å². The van der Waals surface area contributed by atoms with Gasteiger partial charge in [-0.25, -0.2) is 0 Å². The fraction of sp³-hybridized carbons (Fsp3) is 0.700. The molecule has 1 aliphatic carbocycles. The van der Waals surface area contributed by atoms with E-state index in [9.17, 15) is 14.4 Å². The molecule has 0 saturated heterocycles. The van der Waals surface area contributed by atoms with Gasteiger partial charge in [-0.05, 0) is 12.8 Å². The van der Waals surface area contributed by atoms with Crippen molar-refractivity contribution in [2.45, 2.75) is 18.9 Å². The van der Waals surface area contributed by atoms with Gasteiger partial charge < -0.3 is 15.3 Å². The number of nitrogens with zero attached hydrogens (tertiary/aromatic N) is 1. The molecule has 1 saturated carbocycles. The second kappa shape index (κ2) is 6.19. The van der Waals surface area contributed by atoms with Gasteiger partial charge in [-0.3, -0.25) is 19.7 Å². The minimum atomic E-state index is -1.02. The predicted molar refractivity (Wildman–Crippen MR) is 59.3 cm³/mol. The lowest BCUT2D eigenvalue weighted by atomic mass is 10.4. The molecule has 7 nitrogen and oxygen atoms in total. The molecule has 0 unspecified atom stereocenters. The summed E-state index contributed by atoms with van der Waals surface area (Å²) in [6.45, 7) is -0.350. The number of carbonyl (C=O) groups excluding carboxylic acids is 2. The fourth-order valence-corrected chi connectivity index (χ4v) is 1.22. The van der Waals surface area contributed by atoms with Gasteiger partial charge >= 0.3 is 5.97 Å². The molecule has 0 radical (unpaired) electrons. The average Bonchev–Trinajstić information content (AvgIpc) is 3.00. The monoisotopic (exact) mass is 243 g/mol. The number of amides is 2. The Balaban J connectivity index is 2.16. The predicted octanol–water partition coefficient (Wildman–Crippen LogP) is -1.60. The Morgan fingerprint density at radius 1 is 1.29 bits per heavy atom. The molecule has 17 heavy (non-hydrogen) atoms. The van der Waals surface area contributed by atoms with E-state index in [4.69, 9.17) is 5.11 Å². The molecule has 0 aromatic heterocycles. The van der Waals surface area contributed by atoms with Crippen molar-refractivity contribution in [1.29, 1.82) is 0 Å². The first-order valence-electron chi connectivity index (χ1n) is 5.45. The van der Waals surface area contributed by atoms with Crippen molar-refractivity contribution in [3.8, 4) is 0 Å². The third-order valence-electron chi connectivity index (χ3n) is 2.30. The van der Waals surface area contributed by atoms with Gasteiger partial charge in [0.1, 0.15) is 0 Å². The smallest absolute Gasteiger partial charge is 0.317 e. The van der Waals surface area contributed by atoms with E-state index in [1.807, 2.05) is 0 Å². The zero-order chi connectivity index (χ0) is 12.8. The minimum Gasteiger partial charge on any atom is -0.480 e. The normalized spacial score (nSPS) is 14.2. The van der Waals surface area contributed by atoms with Crippen LogP contribution in [-0.4, -0.2) is 60.5 Å². The van der Waals surface area contributed by atoms with Crippen molar-refractivity contribution < 1.29 is 19.5 Å². The number of nitrogens with one attached hydrogen (secondary N) is 2. The Bertz CT molecular complexity index is 315. The summed E-state index contributed by atoms with van der Waals surface area (Å²) in [6, 6.07) is 0.274. The molecule has 0 atom stereocenters. The van der Waals surface area contributed by atoms with Crippen LogP contribution in [0.3, 0.4) is 0 Å². The maximum atomic E-state index is 11.5. The summed E-state index contributed by atoms with van der Waals surface area (Å²) in [5, 5.41) is 13.6. The second-order valence-electron chi connectivity index (χ2n) is 4.09. The van der Waals surface area contributed by atoms with E-state index in [1.165, 1.54) is 11.9 Å². The Kier molecular flexibility index (Phi) is 4.89.